The fraction of sp³-hybridized carbons (Fsp3) is 0.400. The van der Waals surface area contributed by atoms with Crippen LogP contribution in [-0.2, 0) is 0 Å². The van der Waals surface area contributed by atoms with Gasteiger partial charge in [0, 0.05) is 5.39 Å². The maximum Gasteiger partial charge on any atom is 0.432 e. The minimum Gasteiger partial charge on any atom is -0.463 e. The highest BCUT2D eigenvalue weighted by Crippen LogP contribution is 2.37. The standard InChI is InChI=1S/C15H17N3O3/c16-14(19)13-12-10(9-5-2-1-3-6-9)7-4-8-11(12)18(17-13)15(20)21/h4,7-9H,1-3,5-6H2,(H2,16,19)(H,20,21). The first kappa shape index (κ1) is 13.6. The number of hydrogen-bond acceptors (Lipinski definition) is 3. The molecule has 0 radical (unpaired) electrons. The van der Waals surface area contributed by atoms with E-state index < -0.39 is 12.0 Å². The maximum absolute atomic E-state index is 11.6. The van der Waals surface area contributed by atoms with Crippen LogP contribution < -0.4 is 5.73 Å². The van der Waals surface area contributed by atoms with E-state index in [-0.39, 0.29) is 5.69 Å². The third-order valence-corrected chi connectivity index (χ3v) is 4.20. The monoisotopic (exact) mass is 287 g/mol. The Morgan fingerprint density at radius 2 is 1.95 bits per heavy atom. The molecule has 6 heteroatoms. The van der Waals surface area contributed by atoms with Crippen molar-refractivity contribution in [2.24, 2.45) is 5.73 Å². The number of amides is 1. The number of carbonyl (C=O) groups excluding carboxylic acids is 1. The Hall–Kier alpha value is -2.37. The zero-order valence-corrected chi connectivity index (χ0v) is 11.6. The van der Waals surface area contributed by atoms with E-state index in [0.29, 0.717) is 16.8 Å². The highest BCUT2D eigenvalue weighted by molar-refractivity contribution is 6.07. The Bertz CT molecular complexity index is 714. The van der Waals surface area contributed by atoms with Gasteiger partial charge in [-0.1, -0.05) is 31.4 Å². The molecule has 1 aliphatic carbocycles. The highest BCUT2D eigenvalue weighted by Gasteiger charge is 2.25. The van der Waals surface area contributed by atoms with Crippen molar-refractivity contribution in [1.82, 2.24) is 9.78 Å². The summed E-state index contributed by atoms with van der Waals surface area (Å²) in [4.78, 5) is 22.9. The van der Waals surface area contributed by atoms with Gasteiger partial charge in [-0.15, -0.1) is 0 Å². The molecule has 3 N–H and O–H groups in total. The SMILES string of the molecule is NC(=O)c1nn(C(=O)O)c2cccc(C3CCCCC3)c12. The molecule has 110 valence electrons. The quantitative estimate of drug-likeness (QED) is 0.887. The summed E-state index contributed by atoms with van der Waals surface area (Å²) >= 11 is 0. The lowest BCUT2D eigenvalue weighted by Gasteiger charge is -2.22. The van der Waals surface area contributed by atoms with E-state index in [0.717, 1.165) is 35.9 Å². The molecule has 1 aromatic carbocycles. The van der Waals surface area contributed by atoms with Crippen LogP contribution in [-0.4, -0.2) is 26.9 Å². The van der Waals surface area contributed by atoms with Crippen molar-refractivity contribution in [1.29, 1.82) is 0 Å². The van der Waals surface area contributed by atoms with Crippen molar-refractivity contribution in [2.45, 2.75) is 38.0 Å². The van der Waals surface area contributed by atoms with Gasteiger partial charge in [0.15, 0.2) is 5.69 Å². The molecule has 0 aliphatic heterocycles. The average Bonchev–Trinajstić information content (AvgIpc) is 2.88. The number of primary amides is 1. The zero-order valence-electron chi connectivity index (χ0n) is 11.6. The lowest BCUT2D eigenvalue weighted by molar-refractivity contribution is 0.0996. The summed E-state index contributed by atoms with van der Waals surface area (Å²) in [5.74, 6) is -0.352. The topological polar surface area (TPSA) is 98.2 Å². The molecule has 1 amide bonds. The molecule has 6 nitrogen and oxygen atoms in total. The van der Waals surface area contributed by atoms with Crippen molar-refractivity contribution in [3.8, 4) is 0 Å². The van der Waals surface area contributed by atoms with Gasteiger partial charge in [0.25, 0.3) is 5.91 Å². The first-order chi connectivity index (χ1) is 10.1. The molecule has 1 fully saturated rings. The fourth-order valence-electron chi connectivity index (χ4n) is 3.27. The lowest BCUT2D eigenvalue weighted by Crippen LogP contribution is -2.15. The fourth-order valence-corrected chi connectivity index (χ4v) is 3.27. The molecule has 21 heavy (non-hydrogen) atoms. The van der Waals surface area contributed by atoms with E-state index in [1.807, 2.05) is 12.1 Å². The number of carbonyl (C=O) groups is 2. The molecular formula is C15H17N3O3. The molecule has 3 rings (SSSR count). The number of carboxylic acid groups (broad SMARTS) is 1. The Balaban J connectivity index is 2.25. The van der Waals surface area contributed by atoms with E-state index in [2.05, 4.69) is 5.10 Å². The maximum atomic E-state index is 11.6. The summed E-state index contributed by atoms with van der Waals surface area (Å²) in [7, 11) is 0. The van der Waals surface area contributed by atoms with Crippen LogP contribution in [0.1, 0.15) is 54.1 Å². The molecule has 1 heterocycles. The van der Waals surface area contributed by atoms with Crippen molar-refractivity contribution in [3.63, 3.8) is 0 Å². The van der Waals surface area contributed by atoms with Crippen LogP contribution in [0, 0.1) is 0 Å². The molecule has 0 unspecified atom stereocenters. The Kier molecular flexibility index (Phi) is 3.37. The largest absolute Gasteiger partial charge is 0.463 e. The molecule has 1 saturated carbocycles. The van der Waals surface area contributed by atoms with Crippen LogP contribution in [0.15, 0.2) is 18.2 Å². The molecule has 0 spiro atoms. The highest BCUT2D eigenvalue weighted by atomic mass is 16.4. The number of nitrogens with zero attached hydrogens (tertiary/aromatic N) is 2. The predicted octanol–water partition coefficient (Wildman–Crippen LogP) is 2.71. The van der Waals surface area contributed by atoms with E-state index in [1.165, 1.54) is 6.42 Å². The normalized spacial score (nSPS) is 16.2. The summed E-state index contributed by atoms with van der Waals surface area (Å²) in [5, 5.41) is 13.7. The van der Waals surface area contributed by atoms with E-state index in [1.54, 1.807) is 6.07 Å². The van der Waals surface area contributed by atoms with E-state index in [9.17, 15) is 14.7 Å². The second kappa shape index (κ2) is 5.20. The van der Waals surface area contributed by atoms with Crippen molar-refractivity contribution in [2.75, 3.05) is 0 Å². The minimum atomic E-state index is -1.21. The van der Waals surface area contributed by atoms with Gasteiger partial charge < -0.3 is 10.8 Å². The summed E-state index contributed by atoms with van der Waals surface area (Å²) in [6.45, 7) is 0. The van der Waals surface area contributed by atoms with Gasteiger partial charge in [-0.05, 0) is 30.4 Å². The van der Waals surface area contributed by atoms with Gasteiger partial charge in [-0.25, -0.2) is 4.79 Å². The number of nitrogens with two attached hydrogens (primary N) is 1. The minimum absolute atomic E-state index is 0.0496. The van der Waals surface area contributed by atoms with Gasteiger partial charge in [0.1, 0.15) is 0 Å². The number of aromatic nitrogens is 2. The van der Waals surface area contributed by atoms with Crippen molar-refractivity contribution < 1.29 is 14.7 Å². The number of hydrogen-bond donors (Lipinski definition) is 2. The molecule has 0 bridgehead atoms. The van der Waals surface area contributed by atoms with Gasteiger partial charge in [0.05, 0.1) is 5.52 Å². The van der Waals surface area contributed by atoms with E-state index in [4.69, 9.17) is 5.73 Å². The lowest BCUT2D eigenvalue weighted by atomic mass is 9.82. The van der Waals surface area contributed by atoms with Crippen molar-refractivity contribution in [3.05, 3.63) is 29.5 Å². The second-order valence-electron chi connectivity index (χ2n) is 5.48. The smallest absolute Gasteiger partial charge is 0.432 e. The number of benzene rings is 1. The first-order valence-electron chi connectivity index (χ1n) is 7.14. The number of rotatable bonds is 2. The molecule has 2 aromatic rings. The summed E-state index contributed by atoms with van der Waals surface area (Å²) in [6.07, 6.45) is 4.42. The van der Waals surface area contributed by atoms with Gasteiger partial charge in [-0.2, -0.15) is 9.78 Å². The second-order valence-corrected chi connectivity index (χ2v) is 5.48. The van der Waals surface area contributed by atoms with Crippen LogP contribution in [0.5, 0.6) is 0 Å². The van der Waals surface area contributed by atoms with Gasteiger partial charge in [-0.3, -0.25) is 4.79 Å². The molecule has 1 aliphatic rings. The van der Waals surface area contributed by atoms with Crippen LogP contribution in [0.4, 0.5) is 4.79 Å². The predicted molar refractivity (Wildman–Crippen MR) is 77.5 cm³/mol. The zero-order chi connectivity index (χ0) is 15.0. The Labute approximate surface area is 121 Å². The summed E-state index contributed by atoms with van der Waals surface area (Å²) < 4.78 is 0.835. The first-order valence-corrected chi connectivity index (χ1v) is 7.14. The van der Waals surface area contributed by atoms with Crippen LogP contribution in [0.3, 0.4) is 0 Å². The Morgan fingerprint density at radius 3 is 2.57 bits per heavy atom. The van der Waals surface area contributed by atoms with Gasteiger partial charge >= 0.3 is 6.09 Å². The summed E-state index contributed by atoms with van der Waals surface area (Å²) in [6, 6.07) is 5.44. The van der Waals surface area contributed by atoms with Crippen molar-refractivity contribution >= 4 is 22.9 Å². The average molecular weight is 287 g/mol. The molecule has 0 atom stereocenters. The third-order valence-electron chi connectivity index (χ3n) is 4.20. The molecule has 1 aromatic heterocycles. The van der Waals surface area contributed by atoms with Gasteiger partial charge in [0.2, 0.25) is 0 Å². The van der Waals surface area contributed by atoms with E-state index >= 15 is 0 Å². The van der Waals surface area contributed by atoms with Crippen LogP contribution >= 0.6 is 0 Å². The third kappa shape index (κ3) is 2.26. The van der Waals surface area contributed by atoms with Crippen LogP contribution in [0.25, 0.3) is 10.9 Å². The summed E-state index contributed by atoms with van der Waals surface area (Å²) in [5.41, 5.74) is 6.86. The van der Waals surface area contributed by atoms with Crippen LogP contribution in [0.2, 0.25) is 0 Å². The Morgan fingerprint density at radius 1 is 1.24 bits per heavy atom. The molecular weight excluding hydrogens is 270 g/mol. The number of fused-ring (bicyclic) bond motifs is 1. The molecule has 0 saturated heterocycles.